The Balaban J connectivity index is 1.30. The van der Waals surface area contributed by atoms with Crippen molar-refractivity contribution in [2.75, 3.05) is 24.7 Å². The third-order valence-electron chi connectivity index (χ3n) is 6.80. The number of fused-ring (bicyclic) bond motifs is 1. The summed E-state index contributed by atoms with van der Waals surface area (Å²) in [6.07, 6.45) is 2.28. The van der Waals surface area contributed by atoms with E-state index in [1.165, 1.54) is 0 Å². The van der Waals surface area contributed by atoms with Crippen LogP contribution in [-0.4, -0.2) is 35.2 Å². The van der Waals surface area contributed by atoms with Crippen molar-refractivity contribution in [3.05, 3.63) is 83.1 Å². The van der Waals surface area contributed by atoms with Crippen LogP contribution in [0.5, 0.6) is 11.5 Å². The lowest BCUT2D eigenvalue weighted by atomic mass is 10.1. The van der Waals surface area contributed by atoms with Crippen molar-refractivity contribution >= 4 is 34.2 Å². The Hall–Kier alpha value is -3.51. The SMILES string of the molecule is CCOc1ccccc1N1CC(c2nc3ccccc3n2CCCCOc2ccc(Cl)c(C)c2)CC1=O. The Kier molecular flexibility index (Phi) is 7.65. The molecule has 1 fully saturated rings. The predicted octanol–water partition coefficient (Wildman–Crippen LogP) is 6.78. The first-order valence-corrected chi connectivity index (χ1v) is 13.3. The zero-order valence-electron chi connectivity index (χ0n) is 21.3. The van der Waals surface area contributed by atoms with Gasteiger partial charge in [-0.25, -0.2) is 4.98 Å². The number of hydrogen-bond donors (Lipinski definition) is 0. The minimum Gasteiger partial charge on any atom is -0.494 e. The van der Waals surface area contributed by atoms with Crippen LogP contribution in [0.1, 0.15) is 43.5 Å². The number of aromatic nitrogens is 2. The summed E-state index contributed by atoms with van der Waals surface area (Å²) in [7, 11) is 0. The number of amides is 1. The van der Waals surface area contributed by atoms with Gasteiger partial charge in [0.25, 0.3) is 0 Å². The maximum atomic E-state index is 13.1. The van der Waals surface area contributed by atoms with Crippen LogP contribution >= 0.6 is 11.6 Å². The number of halogens is 1. The largest absolute Gasteiger partial charge is 0.494 e. The van der Waals surface area contributed by atoms with E-state index in [9.17, 15) is 4.79 Å². The smallest absolute Gasteiger partial charge is 0.227 e. The van der Waals surface area contributed by atoms with Crippen LogP contribution in [0.2, 0.25) is 5.02 Å². The average Bonchev–Trinajstić information content (AvgIpc) is 3.47. The summed E-state index contributed by atoms with van der Waals surface area (Å²) in [6.45, 7) is 6.53. The molecule has 37 heavy (non-hydrogen) atoms. The van der Waals surface area contributed by atoms with E-state index in [1.54, 1.807) is 0 Å². The fourth-order valence-electron chi connectivity index (χ4n) is 4.98. The van der Waals surface area contributed by atoms with E-state index >= 15 is 0 Å². The number of rotatable bonds is 10. The summed E-state index contributed by atoms with van der Waals surface area (Å²) >= 11 is 6.12. The fraction of sp³-hybridized carbons (Fsp3) is 0.333. The molecular formula is C30H32ClN3O3. The number of benzene rings is 3. The van der Waals surface area contributed by atoms with Gasteiger partial charge in [-0.05, 0) is 74.7 Å². The van der Waals surface area contributed by atoms with Crippen molar-refractivity contribution in [2.24, 2.45) is 0 Å². The van der Waals surface area contributed by atoms with Gasteiger partial charge in [-0.2, -0.15) is 0 Å². The van der Waals surface area contributed by atoms with Crippen LogP contribution < -0.4 is 14.4 Å². The number of anilines is 1. The molecule has 0 bridgehead atoms. The summed E-state index contributed by atoms with van der Waals surface area (Å²) in [5, 5.41) is 0.747. The van der Waals surface area contributed by atoms with E-state index < -0.39 is 0 Å². The summed E-state index contributed by atoms with van der Waals surface area (Å²) in [5.41, 5.74) is 3.91. The first-order valence-electron chi connectivity index (χ1n) is 12.9. The number of carbonyl (C=O) groups excluding carboxylic acids is 1. The standard InChI is InChI=1S/C30H32ClN3O3/c1-3-36-28-13-7-6-12-27(28)34-20-22(19-29(34)35)30-32-25-10-4-5-11-26(25)33(30)16-8-9-17-37-23-14-15-24(31)21(2)18-23/h4-7,10-15,18,22H,3,8-9,16-17,19-20H2,1-2H3. The molecule has 1 aliphatic rings. The van der Waals surface area contributed by atoms with Crippen molar-refractivity contribution in [2.45, 2.75) is 45.6 Å². The van der Waals surface area contributed by atoms with Crippen molar-refractivity contribution < 1.29 is 14.3 Å². The molecule has 3 aromatic carbocycles. The van der Waals surface area contributed by atoms with E-state index in [0.717, 1.165) is 64.0 Å². The number of hydrogen-bond acceptors (Lipinski definition) is 4. The van der Waals surface area contributed by atoms with E-state index in [4.69, 9.17) is 26.1 Å². The molecule has 1 aromatic heterocycles. The highest BCUT2D eigenvalue weighted by molar-refractivity contribution is 6.31. The summed E-state index contributed by atoms with van der Waals surface area (Å²) in [6, 6.07) is 21.7. The lowest BCUT2D eigenvalue weighted by Gasteiger charge is -2.20. The van der Waals surface area contributed by atoms with Gasteiger partial charge in [-0.15, -0.1) is 0 Å². The molecule has 0 aliphatic carbocycles. The molecule has 1 atom stereocenters. The second-order valence-corrected chi connectivity index (χ2v) is 9.79. The van der Waals surface area contributed by atoms with Crippen LogP contribution in [0, 0.1) is 6.92 Å². The zero-order chi connectivity index (χ0) is 25.8. The second kappa shape index (κ2) is 11.3. The average molecular weight is 518 g/mol. The maximum Gasteiger partial charge on any atom is 0.227 e. The Morgan fingerprint density at radius 1 is 1.03 bits per heavy atom. The van der Waals surface area contributed by atoms with Crippen LogP contribution in [0.3, 0.4) is 0 Å². The fourth-order valence-corrected chi connectivity index (χ4v) is 5.10. The summed E-state index contributed by atoms with van der Waals surface area (Å²) in [5.74, 6) is 2.67. The highest BCUT2D eigenvalue weighted by atomic mass is 35.5. The molecule has 1 aliphatic heterocycles. The van der Waals surface area contributed by atoms with Gasteiger partial charge in [-0.3, -0.25) is 4.79 Å². The molecule has 0 radical (unpaired) electrons. The van der Waals surface area contributed by atoms with Crippen LogP contribution in [0.25, 0.3) is 11.0 Å². The van der Waals surface area contributed by atoms with E-state index in [0.29, 0.717) is 26.2 Å². The van der Waals surface area contributed by atoms with Gasteiger partial charge in [0.05, 0.1) is 29.9 Å². The lowest BCUT2D eigenvalue weighted by Crippen LogP contribution is -2.25. The molecule has 192 valence electrons. The number of unbranched alkanes of at least 4 members (excludes halogenated alkanes) is 1. The first-order chi connectivity index (χ1) is 18.0. The molecule has 7 heteroatoms. The lowest BCUT2D eigenvalue weighted by molar-refractivity contribution is -0.117. The molecule has 1 unspecified atom stereocenters. The van der Waals surface area contributed by atoms with E-state index in [-0.39, 0.29) is 11.8 Å². The van der Waals surface area contributed by atoms with E-state index in [1.807, 2.05) is 79.4 Å². The normalized spacial score (nSPS) is 15.5. The number of para-hydroxylation sites is 4. The molecule has 2 heterocycles. The molecule has 1 saturated heterocycles. The van der Waals surface area contributed by atoms with Crippen molar-refractivity contribution in [1.82, 2.24) is 9.55 Å². The van der Waals surface area contributed by atoms with Gasteiger partial charge in [0.15, 0.2) is 0 Å². The van der Waals surface area contributed by atoms with Crippen LogP contribution in [0.4, 0.5) is 5.69 Å². The minimum atomic E-state index is 0.0166. The number of carbonyl (C=O) groups is 1. The number of imidazole rings is 1. The Morgan fingerprint density at radius 2 is 1.84 bits per heavy atom. The number of aryl methyl sites for hydroxylation is 2. The molecular weight excluding hydrogens is 486 g/mol. The van der Waals surface area contributed by atoms with Crippen molar-refractivity contribution in [3.8, 4) is 11.5 Å². The molecule has 5 rings (SSSR count). The van der Waals surface area contributed by atoms with Gasteiger partial charge in [0, 0.05) is 30.5 Å². The van der Waals surface area contributed by atoms with Crippen molar-refractivity contribution in [3.63, 3.8) is 0 Å². The van der Waals surface area contributed by atoms with Gasteiger partial charge < -0.3 is 18.9 Å². The molecule has 4 aromatic rings. The third kappa shape index (κ3) is 5.44. The van der Waals surface area contributed by atoms with Crippen LogP contribution in [-0.2, 0) is 11.3 Å². The topological polar surface area (TPSA) is 56.6 Å². The van der Waals surface area contributed by atoms with Gasteiger partial charge in [0.2, 0.25) is 5.91 Å². The molecule has 6 nitrogen and oxygen atoms in total. The number of ether oxygens (including phenoxy) is 2. The molecule has 0 N–H and O–H groups in total. The first kappa shape index (κ1) is 25.2. The van der Waals surface area contributed by atoms with Gasteiger partial charge in [-0.1, -0.05) is 35.9 Å². The summed E-state index contributed by atoms with van der Waals surface area (Å²) in [4.78, 5) is 20.0. The number of nitrogens with zero attached hydrogens (tertiary/aromatic N) is 3. The maximum absolute atomic E-state index is 13.1. The molecule has 0 spiro atoms. The van der Waals surface area contributed by atoms with Gasteiger partial charge >= 0.3 is 0 Å². The predicted molar refractivity (Wildman–Crippen MR) is 148 cm³/mol. The second-order valence-electron chi connectivity index (χ2n) is 9.38. The summed E-state index contributed by atoms with van der Waals surface area (Å²) < 4.78 is 14.0. The molecule has 1 amide bonds. The highest BCUT2D eigenvalue weighted by Gasteiger charge is 2.35. The molecule has 0 saturated carbocycles. The monoisotopic (exact) mass is 517 g/mol. The Labute approximate surface area is 222 Å². The van der Waals surface area contributed by atoms with Crippen molar-refractivity contribution in [1.29, 1.82) is 0 Å². The van der Waals surface area contributed by atoms with Gasteiger partial charge in [0.1, 0.15) is 17.3 Å². The minimum absolute atomic E-state index is 0.0166. The highest BCUT2D eigenvalue weighted by Crippen LogP contribution is 2.37. The quantitative estimate of drug-likeness (QED) is 0.218. The third-order valence-corrected chi connectivity index (χ3v) is 7.23. The Bertz CT molecular complexity index is 1400. The Morgan fingerprint density at radius 3 is 2.68 bits per heavy atom. The van der Waals surface area contributed by atoms with E-state index in [2.05, 4.69) is 10.6 Å². The zero-order valence-corrected chi connectivity index (χ0v) is 22.1. The van der Waals surface area contributed by atoms with Crippen LogP contribution in [0.15, 0.2) is 66.7 Å².